The third-order valence-corrected chi connectivity index (χ3v) is 14.9. The zero-order valence-electron chi connectivity index (χ0n) is 45.2. The third kappa shape index (κ3) is 11.6. The monoisotopic (exact) mass is 1030 g/mol. The van der Waals surface area contributed by atoms with Crippen LogP contribution in [0.2, 0.25) is 0 Å². The van der Waals surface area contributed by atoms with Crippen molar-refractivity contribution in [3.05, 3.63) is 338 Å². The standard InChI is InChI=1S/C76H62N4/c1-57-23-41-73(42-24-57)79(71-19-11-5-12-20-71)75-51-37-65(38-52-75)61-29-27-60(28-30-61)56-77(67-17-9-4-10-18-67)68-45-31-62(32-46-68)63-33-47-69(48-34-63)78(55-59-15-7-3-8-16-59)70-49-35-64(36-50-70)66-39-53-76(54-40-66)80(72-21-13-6-14-22-72)74-43-25-58(2)26-44-74/h3-54H,55-56H2,1-2H3. The highest BCUT2D eigenvalue weighted by molar-refractivity contribution is 5.81. The molecule has 0 aromatic heterocycles. The van der Waals surface area contributed by atoms with Crippen LogP contribution in [-0.2, 0) is 13.1 Å². The molecule has 386 valence electrons. The van der Waals surface area contributed by atoms with Gasteiger partial charge in [0.15, 0.2) is 0 Å². The first-order valence-corrected chi connectivity index (χ1v) is 27.5. The van der Waals surface area contributed by atoms with Crippen LogP contribution >= 0.6 is 0 Å². The third-order valence-electron chi connectivity index (χ3n) is 14.9. The van der Waals surface area contributed by atoms with Crippen molar-refractivity contribution < 1.29 is 0 Å². The predicted octanol–water partition coefficient (Wildman–Crippen LogP) is 20.9. The summed E-state index contributed by atoms with van der Waals surface area (Å²) in [5.41, 5.74) is 23.3. The van der Waals surface area contributed by atoms with E-state index in [1.807, 2.05) is 0 Å². The highest BCUT2D eigenvalue weighted by Crippen LogP contribution is 2.39. The first kappa shape index (κ1) is 50.6. The number of rotatable bonds is 17. The Labute approximate surface area is 472 Å². The Bertz CT molecular complexity index is 3870. The minimum Gasteiger partial charge on any atom is -0.337 e. The van der Waals surface area contributed by atoms with Gasteiger partial charge in [-0.3, -0.25) is 0 Å². The van der Waals surface area contributed by atoms with E-state index in [2.05, 4.69) is 349 Å². The van der Waals surface area contributed by atoms with Crippen LogP contribution in [0.4, 0.5) is 56.9 Å². The molecule has 0 amide bonds. The Morgan fingerprint density at radius 3 is 0.688 bits per heavy atom. The van der Waals surface area contributed by atoms with Gasteiger partial charge in [-0.1, -0.05) is 205 Å². The van der Waals surface area contributed by atoms with Gasteiger partial charge < -0.3 is 19.6 Å². The number of anilines is 10. The van der Waals surface area contributed by atoms with E-state index < -0.39 is 0 Å². The number of para-hydroxylation sites is 3. The number of hydrogen-bond donors (Lipinski definition) is 0. The first-order chi connectivity index (χ1) is 39.5. The highest BCUT2D eigenvalue weighted by atomic mass is 15.2. The van der Waals surface area contributed by atoms with Crippen molar-refractivity contribution in [2.24, 2.45) is 0 Å². The molecule has 0 aliphatic heterocycles. The van der Waals surface area contributed by atoms with E-state index in [4.69, 9.17) is 0 Å². The van der Waals surface area contributed by atoms with Gasteiger partial charge in [-0.25, -0.2) is 0 Å². The van der Waals surface area contributed by atoms with E-state index in [1.54, 1.807) is 0 Å². The maximum absolute atomic E-state index is 2.40. The molecule has 0 radical (unpaired) electrons. The van der Waals surface area contributed by atoms with E-state index in [1.165, 1.54) is 55.6 Å². The average molecular weight is 1030 g/mol. The van der Waals surface area contributed by atoms with Crippen molar-refractivity contribution in [2.75, 3.05) is 19.6 Å². The zero-order chi connectivity index (χ0) is 54.0. The van der Waals surface area contributed by atoms with Crippen molar-refractivity contribution in [2.45, 2.75) is 26.9 Å². The molecule has 0 saturated carbocycles. The molecule has 0 unspecified atom stereocenters. The Kier molecular flexibility index (Phi) is 14.9. The van der Waals surface area contributed by atoms with Gasteiger partial charge in [0.25, 0.3) is 0 Å². The molecule has 0 atom stereocenters. The fourth-order valence-corrected chi connectivity index (χ4v) is 10.6. The summed E-state index contributed by atoms with van der Waals surface area (Å²) >= 11 is 0. The summed E-state index contributed by atoms with van der Waals surface area (Å²) in [4.78, 5) is 9.42. The second-order valence-electron chi connectivity index (χ2n) is 20.4. The smallest absolute Gasteiger partial charge is 0.0481 e. The van der Waals surface area contributed by atoms with E-state index in [0.717, 1.165) is 70.0 Å². The number of aryl methyl sites for hydroxylation is 2. The van der Waals surface area contributed by atoms with Crippen LogP contribution in [0.5, 0.6) is 0 Å². The average Bonchev–Trinajstić information content (AvgIpc) is 3.53. The van der Waals surface area contributed by atoms with Gasteiger partial charge >= 0.3 is 0 Å². The zero-order valence-corrected chi connectivity index (χ0v) is 45.2. The Morgan fingerprint density at radius 2 is 0.388 bits per heavy atom. The number of nitrogens with zero attached hydrogens (tertiary/aromatic N) is 4. The van der Waals surface area contributed by atoms with Crippen LogP contribution in [0.1, 0.15) is 22.3 Å². The normalized spacial score (nSPS) is 11.0. The Balaban J connectivity index is 0.751. The molecule has 0 aliphatic rings. The summed E-state index contributed by atoms with van der Waals surface area (Å²) < 4.78 is 0. The van der Waals surface area contributed by atoms with Crippen LogP contribution < -0.4 is 19.6 Å². The first-order valence-electron chi connectivity index (χ1n) is 27.5. The molecule has 4 nitrogen and oxygen atoms in total. The lowest BCUT2D eigenvalue weighted by Gasteiger charge is -2.26. The van der Waals surface area contributed by atoms with Crippen LogP contribution in [0.15, 0.2) is 315 Å². The van der Waals surface area contributed by atoms with Crippen LogP contribution in [0.3, 0.4) is 0 Å². The van der Waals surface area contributed by atoms with Crippen molar-refractivity contribution in [1.82, 2.24) is 0 Å². The van der Waals surface area contributed by atoms with E-state index in [9.17, 15) is 0 Å². The fraction of sp³-hybridized carbons (Fsp3) is 0.0526. The summed E-state index contributed by atoms with van der Waals surface area (Å²) in [7, 11) is 0. The fourth-order valence-electron chi connectivity index (χ4n) is 10.6. The molecule has 12 aromatic carbocycles. The molecular formula is C76H62N4. The van der Waals surface area contributed by atoms with Crippen LogP contribution in [0, 0.1) is 13.8 Å². The number of benzene rings is 12. The summed E-state index contributed by atoms with van der Waals surface area (Å²) in [6.45, 7) is 5.73. The van der Waals surface area contributed by atoms with Crippen molar-refractivity contribution >= 4 is 56.9 Å². The van der Waals surface area contributed by atoms with E-state index in [0.29, 0.717) is 0 Å². The quantitative estimate of drug-likeness (QED) is 0.0901. The molecule has 0 bridgehead atoms. The van der Waals surface area contributed by atoms with Gasteiger partial charge in [0.1, 0.15) is 0 Å². The molecule has 80 heavy (non-hydrogen) atoms. The van der Waals surface area contributed by atoms with Crippen molar-refractivity contribution in [3.63, 3.8) is 0 Å². The molecule has 0 fully saturated rings. The van der Waals surface area contributed by atoms with E-state index in [-0.39, 0.29) is 0 Å². The van der Waals surface area contributed by atoms with Gasteiger partial charge in [-0.15, -0.1) is 0 Å². The van der Waals surface area contributed by atoms with Gasteiger partial charge in [0.05, 0.1) is 0 Å². The lowest BCUT2D eigenvalue weighted by atomic mass is 10.0. The van der Waals surface area contributed by atoms with Crippen molar-refractivity contribution in [3.8, 4) is 33.4 Å². The van der Waals surface area contributed by atoms with E-state index >= 15 is 0 Å². The molecular weight excluding hydrogens is 969 g/mol. The summed E-state index contributed by atoms with van der Waals surface area (Å²) in [5.74, 6) is 0. The largest absolute Gasteiger partial charge is 0.337 e. The van der Waals surface area contributed by atoms with Gasteiger partial charge in [0, 0.05) is 70.0 Å². The highest BCUT2D eigenvalue weighted by Gasteiger charge is 2.17. The summed E-state index contributed by atoms with van der Waals surface area (Å²) in [6.07, 6.45) is 0. The summed E-state index contributed by atoms with van der Waals surface area (Å²) in [6, 6.07) is 114. The molecule has 0 spiro atoms. The minimum absolute atomic E-state index is 0.729. The minimum atomic E-state index is 0.729. The van der Waals surface area contributed by atoms with Gasteiger partial charge in [0.2, 0.25) is 0 Å². The predicted molar refractivity (Wildman–Crippen MR) is 339 cm³/mol. The Hall–Kier alpha value is -10.2. The topological polar surface area (TPSA) is 13.0 Å². The van der Waals surface area contributed by atoms with Crippen LogP contribution in [-0.4, -0.2) is 0 Å². The summed E-state index contributed by atoms with van der Waals surface area (Å²) in [5, 5.41) is 0. The van der Waals surface area contributed by atoms with Gasteiger partial charge in [-0.05, 0) is 180 Å². The number of hydrogen-bond acceptors (Lipinski definition) is 4. The lowest BCUT2D eigenvalue weighted by molar-refractivity contribution is 0.975. The molecule has 0 saturated heterocycles. The maximum Gasteiger partial charge on any atom is 0.0481 e. The second kappa shape index (κ2) is 23.6. The molecule has 0 heterocycles. The maximum atomic E-state index is 2.40. The van der Waals surface area contributed by atoms with Gasteiger partial charge in [-0.2, -0.15) is 0 Å². The molecule has 12 rings (SSSR count). The Morgan fingerprint density at radius 1 is 0.188 bits per heavy atom. The van der Waals surface area contributed by atoms with Crippen LogP contribution in [0.25, 0.3) is 33.4 Å². The molecule has 12 aromatic rings. The van der Waals surface area contributed by atoms with Crippen molar-refractivity contribution in [1.29, 1.82) is 0 Å². The molecule has 0 aliphatic carbocycles. The SMILES string of the molecule is Cc1ccc(N(c2ccccc2)c2ccc(-c3ccc(CN(c4ccccc4)c4ccc(-c5ccc(N(Cc6ccccc6)c6ccc(-c7ccc(N(c8ccccc8)c8ccc(C)cc8)cc7)cc6)cc5)cc4)cc3)cc2)cc1. The second-order valence-corrected chi connectivity index (χ2v) is 20.4. The molecule has 0 N–H and O–H groups in total. The lowest BCUT2D eigenvalue weighted by Crippen LogP contribution is -2.16. The molecule has 4 heteroatoms.